The largest absolute Gasteiger partial charge is 0.396 e. The average molecular weight is 197 g/mol. The van der Waals surface area contributed by atoms with Gasteiger partial charge in [0, 0.05) is 18.7 Å². The van der Waals surface area contributed by atoms with Crippen molar-refractivity contribution in [1.29, 1.82) is 0 Å². The van der Waals surface area contributed by atoms with E-state index in [0.717, 1.165) is 0 Å². The number of nitrogens with one attached hydrogen (secondary N) is 1. The minimum Gasteiger partial charge on any atom is -0.396 e. The summed E-state index contributed by atoms with van der Waals surface area (Å²) in [4.78, 5) is 11.1. The van der Waals surface area contributed by atoms with E-state index in [1.54, 1.807) is 0 Å². The molecule has 4 heteroatoms. The standard InChI is InChI=1S/C10H12FNO2/c11-8-3-5-9(6-4-8)12-10(14)2-1-7-13/h3-6,13H,1-2,7H2,(H,12,14). The summed E-state index contributed by atoms with van der Waals surface area (Å²) in [5, 5.41) is 11.1. The Kier molecular flexibility index (Phi) is 4.07. The van der Waals surface area contributed by atoms with Crippen LogP contribution >= 0.6 is 0 Å². The SMILES string of the molecule is O=C(CCCO)Nc1ccc(F)cc1. The third kappa shape index (κ3) is 3.53. The highest BCUT2D eigenvalue weighted by molar-refractivity contribution is 5.90. The maximum absolute atomic E-state index is 12.5. The summed E-state index contributed by atoms with van der Waals surface area (Å²) < 4.78 is 12.5. The maximum atomic E-state index is 12.5. The molecule has 3 nitrogen and oxygen atoms in total. The van der Waals surface area contributed by atoms with Crippen LogP contribution in [0.15, 0.2) is 24.3 Å². The van der Waals surface area contributed by atoms with Crippen molar-refractivity contribution in [1.82, 2.24) is 0 Å². The summed E-state index contributed by atoms with van der Waals surface area (Å²) >= 11 is 0. The van der Waals surface area contributed by atoms with Gasteiger partial charge in [-0.25, -0.2) is 4.39 Å². The number of hydrogen-bond acceptors (Lipinski definition) is 2. The fourth-order valence-corrected chi connectivity index (χ4v) is 0.996. The summed E-state index contributed by atoms with van der Waals surface area (Å²) in [6.45, 7) is -0.00314. The second kappa shape index (κ2) is 5.34. The zero-order chi connectivity index (χ0) is 10.4. The van der Waals surface area contributed by atoms with Crippen LogP contribution in [0.3, 0.4) is 0 Å². The number of carbonyl (C=O) groups excluding carboxylic acids is 1. The smallest absolute Gasteiger partial charge is 0.224 e. The number of rotatable bonds is 4. The van der Waals surface area contributed by atoms with Crippen LogP contribution in [-0.4, -0.2) is 17.6 Å². The molecule has 0 aliphatic rings. The van der Waals surface area contributed by atoms with Crippen LogP contribution < -0.4 is 5.32 Å². The van der Waals surface area contributed by atoms with Crippen molar-refractivity contribution in [2.24, 2.45) is 0 Å². The summed E-state index contributed by atoms with van der Waals surface area (Å²) in [5.41, 5.74) is 0.564. The lowest BCUT2D eigenvalue weighted by atomic mass is 10.2. The molecule has 0 saturated heterocycles. The molecule has 76 valence electrons. The number of carbonyl (C=O) groups is 1. The van der Waals surface area contributed by atoms with Gasteiger partial charge in [0.25, 0.3) is 0 Å². The number of aliphatic hydroxyl groups is 1. The van der Waals surface area contributed by atoms with Crippen LogP contribution in [0.4, 0.5) is 10.1 Å². The number of aliphatic hydroxyl groups excluding tert-OH is 1. The number of amides is 1. The third-order valence-corrected chi connectivity index (χ3v) is 1.69. The Labute approximate surface area is 81.6 Å². The Morgan fingerprint density at radius 2 is 2.00 bits per heavy atom. The van der Waals surface area contributed by atoms with Crippen molar-refractivity contribution in [3.05, 3.63) is 30.1 Å². The quantitative estimate of drug-likeness (QED) is 0.769. The van der Waals surface area contributed by atoms with E-state index in [-0.39, 0.29) is 24.8 Å². The van der Waals surface area contributed by atoms with E-state index in [1.807, 2.05) is 0 Å². The van der Waals surface area contributed by atoms with Crippen LogP contribution in [0, 0.1) is 5.82 Å². The van der Waals surface area contributed by atoms with Crippen LogP contribution in [-0.2, 0) is 4.79 Å². The molecular formula is C10H12FNO2. The zero-order valence-electron chi connectivity index (χ0n) is 7.66. The molecule has 0 unspecified atom stereocenters. The molecule has 0 fully saturated rings. The van der Waals surface area contributed by atoms with E-state index >= 15 is 0 Å². The predicted octanol–water partition coefficient (Wildman–Crippen LogP) is 1.54. The predicted molar refractivity (Wildman–Crippen MR) is 51.3 cm³/mol. The van der Waals surface area contributed by atoms with Crippen LogP contribution in [0.2, 0.25) is 0 Å². The highest BCUT2D eigenvalue weighted by Gasteiger charge is 2.01. The van der Waals surface area contributed by atoms with E-state index in [1.165, 1.54) is 24.3 Å². The lowest BCUT2D eigenvalue weighted by molar-refractivity contribution is -0.116. The Morgan fingerprint density at radius 1 is 1.36 bits per heavy atom. The number of benzene rings is 1. The first-order valence-corrected chi connectivity index (χ1v) is 4.38. The fraction of sp³-hybridized carbons (Fsp3) is 0.300. The third-order valence-electron chi connectivity index (χ3n) is 1.69. The van der Waals surface area contributed by atoms with E-state index < -0.39 is 0 Å². The molecule has 0 saturated carbocycles. The molecule has 0 bridgehead atoms. The number of anilines is 1. The molecular weight excluding hydrogens is 185 g/mol. The molecule has 0 aliphatic heterocycles. The molecule has 0 heterocycles. The van der Waals surface area contributed by atoms with Crippen molar-refractivity contribution in [2.75, 3.05) is 11.9 Å². The van der Waals surface area contributed by atoms with E-state index in [4.69, 9.17) is 5.11 Å². The van der Waals surface area contributed by atoms with Crippen molar-refractivity contribution in [2.45, 2.75) is 12.8 Å². The first-order chi connectivity index (χ1) is 6.72. The Bertz CT molecular complexity index is 297. The molecule has 0 atom stereocenters. The normalized spacial score (nSPS) is 9.86. The monoisotopic (exact) mass is 197 g/mol. The lowest BCUT2D eigenvalue weighted by Crippen LogP contribution is -2.11. The summed E-state index contributed by atoms with van der Waals surface area (Å²) in [6.07, 6.45) is 0.709. The summed E-state index contributed by atoms with van der Waals surface area (Å²) in [7, 11) is 0. The Hall–Kier alpha value is -1.42. The van der Waals surface area contributed by atoms with Crippen molar-refractivity contribution in [3.63, 3.8) is 0 Å². The molecule has 0 spiro atoms. The van der Waals surface area contributed by atoms with Crippen LogP contribution in [0.25, 0.3) is 0 Å². The van der Waals surface area contributed by atoms with Gasteiger partial charge >= 0.3 is 0 Å². The molecule has 0 aromatic heterocycles. The van der Waals surface area contributed by atoms with Gasteiger partial charge in [-0.15, -0.1) is 0 Å². The Balaban J connectivity index is 2.44. The Morgan fingerprint density at radius 3 is 2.57 bits per heavy atom. The van der Waals surface area contributed by atoms with Gasteiger partial charge in [-0.2, -0.15) is 0 Å². The summed E-state index contributed by atoms with van der Waals surface area (Å²) in [6, 6.07) is 5.54. The van der Waals surface area contributed by atoms with Gasteiger partial charge in [0.2, 0.25) is 5.91 Å². The first kappa shape index (κ1) is 10.7. The maximum Gasteiger partial charge on any atom is 0.224 e. The number of halogens is 1. The van der Waals surface area contributed by atoms with Gasteiger partial charge in [0.15, 0.2) is 0 Å². The minimum absolute atomic E-state index is 0.00314. The number of hydrogen-bond donors (Lipinski definition) is 2. The van der Waals surface area contributed by atoms with Crippen LogP contribution in [0.1, 0.15) is 12.8 Å². The van der Waals surface area contributed by atoms with Crippen molar-refractivity contribution in [3.8, 4) is 0 Å². The first-order valence-electron chi connectivity index (χ1n) is 4.38. The highest BCUT2D eigenvalue weighted by atomic mass is 19.1. The van der Waals surface area contributed by atoms with E-state index in [2.05, 4.69) is 5.32 Å². The molecule has 0 radical (unpaired) electrons. The van der Waals surface area contributed by atoms with E-state index in [0.29, 0.717) is 12.1 Å². The van der Waals surface area contributed by atoms with Crippen molar-refractivity contribution < 1.29 is 14.3 Å². The zero-order valence-corrected chi connectivity index (χ0v) is 7.66. The molecule has 2 N–H and O–H groups in total. The van der Waals surface area contributed by atoms with Gasteiger partial charge in [0.05, 0.1) is 0 Å². The topological polar surface area (TPSA) is 49.3 Å². The van der Waals surface area contributed by atoms with Gasteiger partial charge in [-0.3, -0.25) is 4.79 Å². The molecule has 1 rings (SSSR count). The van der Waals surface area contributed by atoms with Gasteiger partial charge in [-0.1, -0.05) is 0 Å². The minimum atomic E-state index is -0.335. The van der Waals surface area contributed by atoms with E-state index in [9.17, 15) is 9.18 Å². The van der Waals surface area contributed by atoms with Gasteiger partial charge < -0.3 is 10.4 Å². The molecule has 1 aromatic rings. The lowest BCUT2D eigenvalue weighted by Gasteiger charge is -2.03. The highest BCUT2D eigenvalue weighted by Crippen LogP contribution is 2.08. The molecule has 1 amide bonds. The average Bonchev–Trinajstić information content (AvgIpc) is 2.18. The van der Waals surface area contributed by atoms with Crippen molar-refractivity contribution >= 4 is 11.6 Å². The fourth-order valence-electron chi connectivity index (χ4n) is 0.996. The molecule has 1 aromatic carbocycles. The van der Waals surface area contributed by atoms with Gasteiger partial charge in [-0.05, 0) is 30.7 Å². The van der Waals surface area contributed by atoms with Gasteiger partial charge in [0.1, 0.15) is 5.82 Å². The second-order valence-corrected chi connectivity index (χ2v) is 2.88. The van der Waals surface area contributed by atoms with Crippen LogP contribution in [0.5, 0.6) is 0 Å². The second-order valence-electron chi connectivity index (χ2n) is 2.88. The summed E-state index contributed by atoms with van der Waals surface area (Å²) in [5.74, 6) is -0.510. The molecule has 14 heavy (non-hydrogen) atoms. The molecule has 0 aliphatic carbocycles.